The first-order chi connectivity index (χ1) is 3.93. The van der Waals surface area contributed by atoms with Crippen molar-refractivity contribution >= 4 is 0 Å². The Hall–Kier alpha value is -0.201. The van der Waals surface area contributed by atoms with Crippen LogP contribution in [0.5, 0.6) is 0 Å². The van der Waals surface area contributed by atoms with Gasteiger partial charge in [0, 0.05) is 0 Å². The van der Waals surface area contributed by atoms with Gasteiger partial charge in [0.15, 0.2) is 0 Å². The average molecular weight is 284 g/mol. The van der Waals surface area contributed by atoms with Crippen LogP contribution in [0.15, 0.2) is 24.4 Å². The summed E-state index contributed by atoms with van der Waals surface area (Å²) in [6.07, 6.45) is 1.82. The first-order valence-electron chi connectivity index (χ1n) is 2.36. The number of aromatic nitrogens is 1. The van der Waals surface area contributed by atoms with Gasteiger partial charge < -0.3 is 0 Å². The van der Waals surface area contributed by atoms with Crippen molar-refractivity contribution in [3.05, 3.63) is 30.1 Å². The van der Waals surface area contributed by atoms with E-state index in [2.05, 4.69) is 23.9 Å². The van der Waals surface area contributed by atoms with Crippen molar-refractivity contribution in [1.29, 1.82) is 0 Å². The van der Waals surface area contributed by atoms with E-state index in [1.54, 1.807) is 0 Å². The van der Waals surface area contributed by atoms with Gasteiger partial charge in [0.05, 0.1) is 0 Å². The fourth-order valence-corrected chi connectivity index (χ4v) is 0.969. The van der Waals surface area contributed by atoms with Crippen LogP contribution in [0.4, 0.5) is 0 Å². The molecule has 0 N–H and O–H groups in total. The van der Waals surface area contributed by atoms with Gasteiger partial charge in [-0.05, 0) is 0 Å². The van der Waals surface area contributed by atoms with Gasteiger partial charge in [-0.15, -0.1) is 0 Å². The molecule has 0 bridgehead atoms. The maximum absolute atomic E-state index is 4.10. The molecule has 0 amide bonds. The molecule has 1 heterocycles. The molecule has 42 valence electrons. The maximum atomic E-state index is 4.10. The van der Waals surface area contributed by atoms with Crippen molar-refractivity contribution in [2.45, 2.75) is 4.93 Å². The van der Waals surface area contributed by atoms with E-state index in [0.29, 0.717) is 0 Å². The second kappa shape index (κ2) is 2.95. The summed E-state index contributed by atoms with van der Waals surface area (Å²) in [6.45, 7) is 0. The fourth-order valence-electron chi connectivity index (χ4n) is 0.468. The third-order valence-corrected chi connectivity index (χ3v) is 1.71. The van der Waals surface area contributed by atoms with Crippen LogP contribution < -0.4 is 0 Å². The third kappa shape index (κ3) is 1.39. The van der Waals surface area contributed by atoms with Crippen LogP contribution in [0, 0.1) is 0 Å². The minimum absolute atomic E-state index is 1.03. The predicted octanol–water partition coefficient (Wildman–Crippen LogP) is 1.13. The number of pyridine rings is 1. The van der Waals surface area contributed by atoms with Gasteiger partial charge in [-0.1, -0.05) is 0 Å². The van der Waals surface area contributed by atoms with Crippen molar-refractivity contribution in [2.75, 3.05) is 0 Å². The molecule has 0 fully saturated rings. The molecule has 8 heavy (non-hydrogen) atoms. The second-order valence-electron chi connectivity index (χ2n) is 1.44. The second-order valence-corrected chi connectivity index (χ2v) is 2.29. The Bertz CT molecular complexity index is 150. The van der Waals surface area contributed by atoms with Crippen LogP contribution in [0.25, 0.3) is 0 Å². The Morgan fingerprint density at radius 1 is 1.50 bits per heavy atom. The summed E-state index contributed by atoms with van der Waals surface area (Å²) in [4.78, 5) is 5.13. The van der Waals surface area contributed by atoms with Crippen molar-refractivity contribution in [2.24, 2.45) is 0 Å². The normalized spacial score (nSPS) is 9.12. The minimum atomic E-state index is 1.03. The fraction of sp³-hybridized carbons (Fsp3) is 0.167. The van der Waals surface area contributed by atoms with E-state index in [1.807, 2.05) is 24.4 Å². The number of nitrogens with zero attached hydrogens (tertiary/aromatic N) is 1. The topological polar surface area (TPSA) is 12.9 Å². The van der Waals surface area contributed by atoms with E-state index in [9.17, 15) is 0 Å². The van der Waals surface area contributed by atoms with Crippen LogP contribution in [-0.2, 0) is 23.8 Å². The summed E-state index contributed by atoms with van der Waals surface area (Å²) in [6, 6.07) is 5.96. The van der Waals surface area contributed by atoms with E-state index < -0.39 is 0 Å². The molecule has 0 unspecified atom stereocenters. The molecular formula is C6H6IrN+2. The van der Waals surface area contributed by atoms with Crippen LogP contribution in [0.2, 0.25) is 0 Å². The molecule has 0 radical (unpaired) electrons. The van der Waals surface area contributed by atoms with Gasteiger partial charge in [-0.3, -0.25) is 0 Å². The molecule has 0 aromatic carbocycles. The summed E-state index contributed by atoms with van der Waals surface area (Å²) in [7, 11) is 0. The zero-order valence-corrected chi connectivity index (χ0v) is 6.69. The summed E-state index contributed by atoms with van der Waals surface area (Å²) in [5.41, 5.74) is 1.16. The van der Waals surface area contributed by atoms with E-state index in [1.165, 1.54) is 0 Å². The Labute approximate surface area is 59.3 Å². The van der Waals surface area contributed by atoms with Crippen molar-refractivity contribution in [3.8, 4) is 0 Å². The van der Waals surface area contributed by atoms with Gasteiger partial charge in [0.25, 0.3) is 0 Å². The molecule has 0 aliphatic rings. The predicted molar refractivity (Wildman–Crippen MR) is 27.9 cm³/mol. The molecule has 1 aromatic heterocycles. The molecule has 0 spiro atoms. The van der Waals surface area contributed by atoms with Gasteiger partial charge in [-0.25, -0.2) is 0 Å². The summed E-state index contributed by atoms with van der Waals surface area (Å²) in [5.74, 6) is 0. The molecule has 0 saturated heterocycles. The van der Waals surface area contributed by atoms with Crippen LogP contribution in [0.3, 0.4) is 0 Å². The summed E-state index contributed by atoms with van der Waals surface area (Å²) < 4.78 is 0. The molecule has 1 aromatic rings. The Kier molecular flexibility index (Phi) is 2.19. The Morgan fingerprint density at radius 2 is 2.38 bits per heavy atom. The summed E-state index contributed by atoms with van der Waals surface area (Å²) >= 11 is 2.10. The number of hydrogen-bond donors (Lipinski definition) is 0. The van der Waals surface area contributed by atoms with E-state index >= 15 is 0 Å². The van der Waals surface area contributed by atoms with Gasteiger partial charge >= 0.3 is 58.9 Å². The Balaban J connectivity index is 2.83. The Morgan fingerprint density at radius 3 is 2.75 bits per heavy atom. The summed E-state index contributed by atoms with van der Waals surface area (Å²) in [5, 5.41) is 0. The molecule has 1 rings (SSSR count). The van der Waals surface area contributed by atoms with Crippen LogP contribution >= 0.6 is 0 Å². The zero-order chi connectivity index (χ0) is 5.82. The van der Waals surface area contributed by atoms with Crippen LogP contribution in [0.1, 0.15) is 5.69 Å². The van der Waals surface area contributed by atoms with Gasteiger partial charge in [0.2, 0.25) is 0 Å². The standard InChI is InChI=1S/C6H6N.Ir/c1-6-4-2-3-5-7-6;/h2-5H,1H2;/q;+2. The molecule has 0 saturated carbocycles. The zero-order valence-electron chi connectivity index (χ0n) is 4.30. The quantitative estimate of drug-likeness (QED) is 0.753. The first kappa shape index (κ1) is 5.93. The van der Waals surface area contributed by atoms with Crippen molar-refractivity contribution in [3.63, 3.8) is 0 Å². The SMILES string of the molecule is [Ir+2][CH2]c1ccccn1. The van der Waals surface area contributed by atoms with Gasteiger partial charge in [0.1, 0.15) is 0 Å². The molecule has 2 heteroatoms. The average Bonchev–Trinajstić information content (AvgIpc) is 1.90. The molecule has 0 aliphatic carbocycles. The van der Waals surface area contributed by atoms with Gasteiger partial charge in [-0.2, -0.15) is 0 Å². The van der Waals surface area contributed by atoms with Crippen molar-refractivity contribution < 1.29 is 18.9 Å². The van der Waals surface area contributed by atoms with E-state index in [0.717, 1.165) is 10.6 Å². The third-order valence-electron chi connectivity index (χ3n) is 0.847. The van der Waals surface area contributed by atoms with E-state index in [-0.39, 0.29) is 0 Å². The number of rotatable bonds is 1. The van der Waals surface area contributed by atoms with Crippen molar-refractivity contribution in [1.82, 2.24) is 4.98 Å². The molecule has 0 aliphatic heterocycles. The van der Waals surface area contributed by atoms with E-state index in [4.69, 9.17) is 0 Å². The molecule has 0 atom stereocenters. The molecule has 1 nitrogen and oxygen atoms in total. The first-order valence-corrected chi connectivity index (χ1v) is 4.05. The number of hydrogen-bond acceptors (Lipinski definition) is 1. The van der Waals surface area contributed by atoms with Crippen LogP contribution in [-0.4, -0.2) is 4.98 Å². The monoisotopic (exact) mass is 285 g/mol. The molecular weight excluding hydrogens is 278 g/mol.